The summed E-state index contributed by atoms with van der Waals surface area (Å²) < 4.78 is 3.07. The van der Waals surface area contributed by atoms with E-state index in [0.717, 1.165) is 29.2 Å². The maximum atomic E-state index is 4.47. The van der Waals surface area contributed by atoms with E-state index >= 15 is 0 Å². The lowest BCUT2D eigenvalue weighted by atomic mass is 9.96. The fraction of sp³-hybridized carbons (Fsp3) is 0.474. The molecule has 0 saturated heterocycles. The Bertz CT molecular complexity index is 789. The predicted molar refractivity (Wildman–Crippen MR) is 106 cm³/mol. The predicted octanol–water partition coefficient (Wildman–Crippen LogP) is 3.20. The zero-order valence-electron chi connectivity index (χ0n) is 15.4. The van der Waals surface area contributed by atoms with Crippen molar-refractivity contribution in [2.75, 3.05) is 13.6 Å². The van der Waals surface area contributed by atoms with Gasteiger partial charge in [0.15, 0.2) is 5.96 Å². The smallest absolute Gasteiger partial charge is 0.191 e. The number of benzene rings is 1. The first-order valence-electron chi connectivity index (χ1n) is 8.65. The topological polar surface area (TPSA) is 54.2 Å². The summed E-state index contributed by atoms with van der Waals surface area (Å²) in [6.45, 7) is 5.77. The molecule has 1 fully saturated rings. The highest BCUT2D eigenvalue weighted by Crippen LogP contribution is 2.48. The van der Waals surface area contributed by atoms with Crippen LogP contribution < -0.4 is 10.6 Å². The summed E-state index contributed by atoms with van der Waals surface area (Å²) in [7, 11) is 3.80. The molecule has 1 aliphatic carbocycles. The molecule has 1 saturated carbocycles. The number of hydrogen-bond donors (Lipinski definition) is 2. The van der Waals surface area contributed by atoms with Crippen LogP contribution in [0.4, 0.5) is 0 Å². The zero-order chi connectivity index (χ0) is 18.0. The van der Waals surface area contributed by atoms with Crippen molar-refractivity contribution in [3.8, 4) is 0 Å². The fourth-order valence-corrected chi connectivity index (χ4v) is 3.65. The van der Waals surface area contributed by atoms with Crippen LogP contribution in [-0.4, -0.2) is 29.3 Å². The Morgan fingerprint density at radius 3 is 2.64 bits per heavy atom. The molecule has 0 bridgehead atoms. The number of hydrogen-bond acceptors (Lipinski definition) is 2. The largest absolute Gasteiger partial charge is 0.356 e. The molecular weight excluding hydrogens is 378 g/mol. The Morgan fingerprint density at radius 2 is 2.08 bits per heavy atom. The molecule has 0 amide bonds. The van der Waals surface area contributed by atoms with Crippen LogP contribution in [-0.2, 0) is 19.0 Å². The van der Waals surface area contributed by atoms with Crippen LogP contribution in [0.3, 0.4) is 0 Å². The monoisotopic (exact) mass is 403 g/mol. The normalized spacial score (nSPS) is 16.0. The lowest BCUT2D eigenvalue weighted by Crippen LogP contribution is -2.41. The Balaban J connectivity index is 1.60. The van der Waals surface area contributed by atoms with Crippen LogP contribution in [0.1, 0.15) is 35.4 Å². The third kappa shape index (κ3) is 3.89. The first-order chi connectivity index (χ1) is 11.9. The third-order valence-electron chi connectivity index (χ3n) is 5.20. The van der Waals surface area contributed by atoms with Crippen molar-refractivity contribution in [3.05, 3.63) is 51.3 Å². The van der Waals surface area contributed by atoms with Crippen molar-refractivity contribution in [2.24, 2.45) is 12.0 Å². The minimum Gasteiger partial charge on any atom is -0.356 e. The molecule has 2 N–H and O–H groups in total. The minimum absolute atomic E-state index is 0.238. The number of nitrogens with one attached hydrogen (secondary N) is 2. The highest BCUT2D eigenvalue weighted by atomic mass is 79.9. The molecule has 0 unspecified atom stereocenters. The van der Waals surface area contributed by atoms with Crippen molar-refractivity contribution in [1.82, 2.24) is 20.4 Å². The van der Waals surface area contributed by atoms with Gasteiger partial charge in [0.25, 0.3) is 0 Å². The fourth-order valence-electron chi connectivity index (χ4n) is 3.26. The maximum absolute atomic E-state index is 4.47. The van der Waals surface area contributed by atoms with Crippen LogP contribution in [0.15, 0.2) is 33.7 Å². The molecule has 1 heterocycles. The molecule has 1 aromatic carbocycles. The first-order valence-corrected chi connectivity index (χ1v) is 9.44. The van der Waals surface area contributed by atoms with Crippen LogP contribution in [0.2, 0.25) is 0 Å². The van der Waals surface area contributed by atoms with E-state index in [1.807, 2.05) is 25.7 Å². The van der Waals surface area contributed by atoms with E-state index in [-0.39, 0.29) is 5.41 Å². The van der Waals surface area contributed by atoms with E-state index in [4.69, 9.17) is 0 Å². The summed E-state index contributed by atoms with van der Waals surface area (Å²) in [5, 5.41) is 11.4. The second-order valence-electron chi connectivity index (χ2n) is 6.84. The number of guanidine groups is 1. The van der Waals surface area contributed by atoms with Gasteiger partial charge in [-0.3, -0.25) is 9.67 Å². The van der Waals surface area contributed by atoms with Crippen molar-refractivity contribution >= 4 is 21.9 Å². The number of aryl methyl sites for hydroxylation is 2. The van der Waals surface area contributed by atoms with Crippen molar-refractivity contribution < 1.29 is 0 Å². The molecule has 1 aromatic heterocycles. The van der Waals surface area contributed by atoms with E-state index in [0.29, 0.717) is 0 Å². The van der Waals surface area contributed by atoms with Crippen LogP contribution >= 0.6 is 15.9 Å². The van der Waals surface area contributed by atoms with Gasteiger partial charge in [-0.25, -0.2) is 0 Å². The molecule has 5 nitrogen and oxygen atoms in total. The quantitative estimate of drug-likeness (QED) is 0.595. The summed E-state index contributed by atoms with van der Waals surface area (Å²) >= 11 is 3.58. The van der Waals surface area contributed by atoms with Gasteiger partial charge in [0.05, 0.1) is 5.69 Å². The molecule has 3 rings (SSSR count). The molecule has 0 spiro atoms. The van der Waals surface area contributed by atoms with Crippen molar-refractivity contribution in [2.45, 2.75) is 38.6 Å². The Labute approximate surface area is 158 Å². The number of halogens is 1. The van der Waals surface area contributed by atoms with E-state index < -0.39 is 0 Å². The summed E-state index contributed by atoms with van der Waals surface area (Å²) in [5.74, 6) is 0.837. The van der Waals surface area contributed by atoms with Crippen LogP contribution in [0.25, 0.3) is 0 Å². The van der Waals surface area contributed by atoms with Gasteiger partial charge in [0.2, 0.25) is 0 Å². The Hall–Kier alpha value is -1.82. The molecule has 0 atom stereocenters. The van der Waals surface area contributed by atoms with Gasteiger partial charge in [-0.1, -0.05) is 28.1 Å². The molecule has 6 heteroatoms. The van der Waals surface area contributed by atoms with Gasteiger partial charge >= 0.3 is 0 Å². The zero-order valence-corrected chi connectivity index (χ0v) is 16.9. The van der Waals surface area contributed by atoms with E-state index in [9.17, 15) is 0 Å². The summed E-state index contributed by atoms with van der Waals surface area (Å²) in [5.41, 5.74) is 5.12. The van der Waals surface area contributed by atoms with E-state index in [1.165, 1.54) is 29.7 Å². The highest BCUT2D eigenvalue weighted by molar-refractivity contribution is 9.10. The van der Waals surface area contributed by atoms with Gasteiger partial charge in [-0.05, 0) is 44.4 Å². The molecule has 25 heavy (non-hydrogen) atoms. The standard InChI is InChI=1S/C19H26BrN5/c1-13-17(14(2)25(4)24-13)11-22-18(21-3)23-12-19(8-9-19)15-6-5-7-16(20)10-15/h5-7,10H,8-9,11-12H2,1-4H3,(H2,21,22,23). The molecule has 2 aromatic rings. The Morgan fingerprint density at radius 1 is 1.32 bits per heavy atom. The average Bonchev–Trinajstić information content (AvgIpc) is 3.34. The second-order valence-corrected chi connectivity index (χ2v) is 7.76. The molecule has 0 radical (unpaired) electrons. The second kappa shape index (κ2) is 7.20. The Kier molecular flexibility index (Phi) is 5.18. The SMILES string of the molecule is CN=C(NCc1c(C)nn(C)c1C)NCC1(c2cccc(Br)c2)CC1. The third-order valence-corrected chi connectivity index (χ3v) is 5.69. The lowest BCUT2D eigenvalue weighted by Gasteiger charge is -2.19. The average molecular weight is 404 g/mol. The number of aromatic nitrogens is 2. The molecule has 0 aliphatic heterocycles. The minimum atomic E-state index is 0.238. The van der Waals surface area contributed by atoms with Gasteiger partial charge in [0, 0.05) is 48.3 Å². The van der Waals surface area contributed by atoms with Gasteiger partial charge in [0.1, 0.15) is 0 Å². The van der Waals surface area contributed by atoms with E-state index in [2.05, 4.69) is 67.8 Å². The summed E-state index contributed by atoms with van der Waals surface area (Å²) in [6, 6.07) is 8.64. The van der Waals surface area contributed by atoms with Crippen molar-refractivity contribution in [1.29, 1.82) is 0 Å². The van der Waals surface area contributed by atoms with Crippen LogP contribution in [0.5, 0.6) is 0 Å². The molecule has 1 aliphatic rings. The lowest BCUT2D eigenvalue weighted by molar-refractivity contribution is 0.645. The molecular formula is C19H26BrN5. The highest BCUT2D eigenvalue weighted by Gasteiger charge is 2.44. The van der Waals surface area contributed by atoms with Crippen molar-refractivity contribution in [3.63, 3.8) is 0 Å². The maximum Gasteiger partial charge on any atom is 0.191 e. The van der Waals surface area contributed by atoms with Gasteiger partial charge in [-0.15, -0.1) is 0 Å². The first kappa shape index (κ1) is 18.0. The molecule has 134 valence electrons. The van der Waals surface area contributed by atoms with Gasteiger partial charge < -0.3 is 10.6 Å². The van der Waals surface area contributed by atoms with Gasteiger partial charge in [-0.2, -0.15) is 5.10 Å². The summed E-state index contributed by atoms with van der Waals surface area (Å²) in [6.07, 6.45) is 2.43. The van der Waals surface area contributed by atoms with E-state index in [1.54, 1.807) is 0 Å². The number of nitrogens with zero attached hydrogens (tertiary/aromatic N) is 3. The summed E-state index contributed by atoms with van der Waals surface area (Å²) in [4.78, 5) is 4.37. The van der Waals surface area contributed by atoms with Crippen LogP contribution in [0, 0.1) is 13.8 Å². The number of aliphatic imine (C=N–C) groups is 1. The number of rotatable bonds is 5.